The highest BCUT2D eigenvalue weighted by molar-refractivity contribution is 5.19. The second-order valence-corrected chi connectivity index (χ2v) is 3.91. The predicted molar refractivity (Wildman–Crippen MR) is 55.4 cm³/mol. The topological polar surface area (TPSA) is 34.1 Å². The summed E-state index contributed by atoms with van der Waals surface area (Å²) >= 11 is 0. The predicted octanol–water partition coefficient (Wildman–Crippen LogP) is 2.15. The van der Waals surface area contributed by atoms with Crippen LogP contribution in [0.15, 0.2) is 18.3 Å². The van der Waals surface area contributed by atoms with Crippen LogP contribution in [0.25, 0.3) is 0 Å². The number of pyridine rings is 1. The summed E-state index contributed by atoms with van der Waals surface area (Å²) in [6.45, 7) is 1.94. The Morgan fingerprint density at radius 2 is 2.18 bits per heavy atom. The number of nitrogens with zero attached hydrogens (tertiary/aromatic N) is 1. The van der Waals surface area contributed by atoms with Crippen LogP contribution in [0.2, 0.25) is 0 Å². The summed E-state index contributed by atoms with van der Waals surface area (Å²) in [6.07, 6.45) is -2.22. The first-order valence-corrected chi connectivity index (χ1v) is 5.41. The van der Waals surface area contributed by atoms with E-state index >= 15 is 0 Å². The van der Waals surface area contributed by atoms with Crippen molar-refractivity contribution in [2.24, 2.45) is 0 Å². The highest BCUT2D eigenvalue weighted by Gasteiger charge is 2.32. The first-order valence-electron chi connectivity index (χ1n) is 5.41. The van der Waals surface area contributed by atoms with Gasteiger partial charge in [0.25, 0.3) is 0 Å². The molecule has 94 valence electrons. The van der Waals surface area contributed by atoms with E-state index in [1.165, 1.54) is 12.3 Å². The van der Waals surface area contributed by atoms with Gasteiger partial charge in [-0.15, -0.1) is 0 Å². The summed E-state index contributed by atoms with van der Waals surface area (Å²) in [4.78, 5) is 3.44. The molecule has 0 saturated carbocycles. The van der Waals surface area contributed by atoms with E-state index in [0.29, 0.717) is 13.2 Å². The molecule has 1 saturated heterocycles. The van der Waals surface area contributed by atoms with Crippen molar-refractivity contribution in [1.82, 2.24) is 10.3 Å². The fourth-order valence-electron chi connectivity index (χ4n) is 1.70. The van der Waals surface area contributed by atoms with Crippen LogP contribution in [0, 0.1) is 0 Å². The molecule has 1 fully saturated rings. The standard InChI is InChI=1S/C11H13F3N2O/c12-11(13,14)10-3-2-8(6-16-10)9-7-17-5-1-4-15-9/h2-3,6,9,15H,1,4-5,7H2. The first kappa shape index (κ1) is 12.3. The second-order valence-electron chi connectivity index (χ2n) is 3.91. The number of hydrogen-bond acceptors (Lipinski definition) is 3. The molecule has 17 heavy (non-hydrogen) atoms. The van der Waals surface area contributed by atoms with E-state index in [-0.39, 0.29) is 6.04 Å². The molecule has 0 amide bonds. The van der Waals surface area contributed by atoms with Crippen molar-refractivity contribution in [3.05, 3.63) is 29.6 Å². The highest BCUT2D eigenvalue weighted by Crippen LogP contribution is 2.28. The normalized spacial score (nSPS) is 22.2. The molecular formula is C11H13F3N2O. The Labute approximate surface area is 97.0 Å². The van der Waals surface area contributed by atoms with Gasteiger partial charge >= 0.3 is 6.18 Å². The number of alkyl halides is 3. The molecule has 1 aromatic rings. The van der Waals surface area contributed by atoms with Crippen molar-refractivity contribution in [3.63, 3.8) is 0 Å². The zero-order valence-electron chi connectivity index (χ0n) is 9.13. The molecule has 0 aliphatic carbocycles. The van der Waals surface area contributed by atoms with Crippen molar-refractivity contribution < 1.29 is 17.9 Å². The lowest BCUT2D eigenvalue weighted by Crippen LogP contribution is -2.23. The Balaban J connectivity index is 2.11. The zero-order chi connectivity index (χ0) is 12.3. The molecular weight excluding hydrogens is 233 g/mol. The quantitative estimate of drug-likeness (QED) is 0.824. The van der Waals surface area contributed by atoms with Gasteiger partial charge in [0.15, 0.2) is 0 Å². The van der Waals surface area contributed by atoms with Gasteiger partial charge in [-0.25, -0.2) is 0 Å². The summed E-state index contributed by atoms with van der Waals surface area (Å²) in [5.41, 5.74) is -0.143. The molecule has 0 spiro atoms. The van der Waals surface area contributed by atoms with Gasteiger partial charge in [-0.3, -0.25) is 4.98 Å². The number of ether oxygens (including phenoxy) is 1. The molecule has 6 heteroatoms. The Morgan fingerprint density at radius 3 is 2.82 bits per heavy atom. The van der Waals surface area contributed by atoms with Crippen LogP contribution in [0.4, 0.5) is 13.2 Å². The van der Waals surface area contributed by atoms with Crippen LogP contribution in [-0.2, 0) is 10.9 Å². The van der Waals surface area contributed by atoms with Gasteiger partial charge in [-0.05, 0) is 24.6 Å². The molecule has 1 aromatic heterocycles. The molecule has 0 bridgehead atoms. The van der Waals surface area contributed by atoms with Crippen LogP contribution in [0.3, 0.4) is 0 Å². The van der Waals surface area contributed by atoms with Crippen molar-refractivity contribution in [2.75, 3.05) is 19.8 Å². The van der Waals surface area contributed by atoms with Gasteiger partial charge < -0.3 is 10.1 Å². The van der Waals surface area contributed by atoms with Crippen molar-refractivity contribution >= 4 is 0 Å². The SMILES string of the molecule is FC(F)(F)c1ccc(C2COCCCN2)cn1. The van der Waals surface area contributed by atoms with Crippen LogP contribution in [0.1, 0.15) is 23.7 Å². The van der Waals surface area contributed by atoms with Crippen molar-refractivity contribution in [2.45, 2.75) is 18.6 Å². The van der Waals surface area contributed by atoms with E-state index in [1.807, 2.05) is 0 Å². The Bertz CT molecular complexity index is 356. The monoisotopic (exact) mass is 246 g/mol. The number of nitrogens with one attached hydrogen (secondary N) is 1. The number of halogens is 3. The van der Waals surface area contributed by atoms with Crippen LogP contribution >= 0.6 is 0 Å². The average molecular weight is 246 g/mol. The molecule has 2 rings (SSSR count). The molecule has 3 nitrogen and oxygen atoms in total. The van der Waals surface area contributed by atoms with Crippen molar-refractivity contribution in [1.29, 1.82) is 0 Å². The van der Waals surface area contributed by atoms with E-state index in [1.54, 1.807) is 0 Å². The van der Waals surface area contributed by atoms with Gasteiger partial charge in [-0.2, -0.15) is 13.2 Å². The third kappa shape index (κ3) is 3.17. The fourth-order valence-corrected chi connectivity index (χ4v) is 1.70. The van der Waals surface area contributed by atoms with Gasteiger partial charge in [0.1, 0.15) is 5.69 Å². The first-order chi connectivity index (χ1) is 8.07. The van der Waals surface area contributed by atoms with E-state index in [4.69, 9.17) is 4.74 Å². The summed E-state index contributed by atoms with van der Waals surface area (Å²) in [5, 5.41) is 3.21. The number of rotatable bonds is 1. The number of aromatic nitrogens is 1. The van der Waals surface area contributed by atoms with Crippen LogP contribution in [-0.4, -0.2) is 24.7 Å². The minimum absolute atomic E-state index is 0.0766. The summed E-state index contributed by atoms with van der Waals surface area (Å²) < 4.78 is 42.3. The molecule has 1 unspecified atom stereocenters. The average Bonchev–Trinajstić information content (AvgIpc) is 2.56. The number of hydrogen-bond donors (Lipinski definition) is 1. The van der Waals surface area contributed by atoms with Crippen molar-refractivity contribution in [3.8, 4) is 0 Å². The minimum atomic E-state index is -4.38. The molecule has 0 aromatic carbocycles. The molecule has 2 heterocycles. The summed E-state index contributed by atoms with van der Waals surface area (Å²) in [5.74, 6) is 0. The molecule has 1 aliphatic rings. The second kappa shape index (κ2) is 5.01. The lowest BCUT2D eigenvalue weighted by atomic mass is 10.1. The Morgan fingerprint density at radius 1 is 1.35 bits per heavy atom. The largest absolute Gasteiger partial charge is 0.433 e. The lowest BCUT2D eigenvalue weighted by Gasteiger charge is -2.15. The smallest absolute Gasteiger partial charge is 0.379 e. The molecule has 1 N–H and O–H groups in total. The zero-order valence-corrected chi connectivity index (χ0v) is 9.13. The molecule has 0 radical (unpaired) electrons. The highest BCUT2D eigenvalue weighted by atomic mass is 19.4. The van der Waals surface area contributed by atoms with Gasteiger partial charge in [0.05, 0.1) is 12.6 Å². The van der Waals surface area contributed by atoms with Gasteiger partial charge in [0.2, 0.25) is 0 Å². The minimum Gasteiger partial charge on any atom is -0.379 e. The molecule has 1 atom stereocenters. The molecule has 1 aliphatic heterocycles. The van der Waals surface area contributed by atoms with Crippen LogP contribution in [0.5, 0.6) is 0 Å². The maximum Gasteiger partial charge on any atom is 0.433 e. The Hall–Kier alpha value is -1.14. The summed E-state index contributed by atoms with van der Waals surface area (Å²) in [7, 11) is 0. The Kier molecular flexibility index (Phi) is 3.63. The van der Waals surface area contributed by atoms with Crippen LogP contribution < -0.4 is 5.32 Å². The third-order valence-corrected chi connectivity index (χ3v) is 2.62. The fraction of sp³-hybridized carbons (Fsp3) is 0.545. The van der Waals surface area contributed by atoms with E-state index < -0.39 is 11.9 Å². The van der Waals surface area contributed by atoms with E-state index in [0.717, 1.165) is 24.6 Å². The van der Waals surface area contributed by atoms with Gasteiger partial charge in [-0.1, -0.05) is 6.07 Å². The van der Waals surface area contributed by atoms with E-state index in [9.17, 15) is 13.2 Å². The maximum absolute atomic E-state index is 12.3. The maximum atomic E-state index is 12.3. The van der Waals surface area contributed by atoms with Gasteiger partial charge in [0, 0.05) is 12.8 Å². The third-order valence-electron chi connectivity index (χ3n) is 2.62. The lowest BCUT2D eigenvalue weighted by molar-refractivity contribution is -0.141. The van der Waals surface area contributed by atoms with E-state index in [2.05, 4.69) is 10.3 Å². The summed E-state index contributed by atoms with van der Waals surface area (Å²) in [6, 6.07) is 2.37.